The molecule has 0 aliphatic heterocycles. The average Bonchev–Trinajstić information content (AvgIpc) is 2.16. The smallest absolute Gasteiger partial charge is 0.0494 e. The van der Waals surface area contributed by atoms with E-state index in [1.165, 1.54) is 11.3 Å². The SMILES string of the molecule is CC(C)CN(C)c1ccccc1CCl.Cl. The number of para-hydroxylation sites is 1. The summed E-state index contributed by atoms with van der Waals surface area (Å²) in [5, 5.41) is 0. The molecule has 0 aliphatic carbocycles. The fourth-order valence-electron chi connectivity index (χ4n) is 1.64. The van der Waals surface area contributed by atoms with E-state index in [9.17, 15) is 0 Å². The standard InChI is InChI=1S/C12H18ClN.ClH/c1-10(2)9-14(3)12-7-5-4-6-11(12)8-13;/h4-7,10H,8-9H2,1-3H3;1H. The zero-order valence-electron chi connectivity index (χ0n) is 9.53. The molecule has 1 nitrogen and oxygen atoms in total. The Labute approximate surface area is 104 Å². The van der Waals surface area contributed by atoms with Crippen LogP contribution in [0.1, 0.15) is 19.4 Å². The van der Waals surface area contributed by atoms with Crippen molar-refractivity contribution in [2.24, 2.45) is 5.92 Å². The highest BCUT2D eigenvalue weighted by Crippen LogP contribution is 2.21. The Bertz CT molecular complexity index is 287. The van der Waals surface area contributed by atoms with E-state index in [-0.39, 0.29) is 12.4 Å². The molecule has 0 heterocycles. The predicted octanol–water partition coefficient (Wildman–Crippen LogP) is 3.94. The van der Waals surface area contributed by atoms with Gasteiger partial charge in [-0.15, -0.1) is 24.0 Å². The highest BCUT2D eigenvalue weighted by atomic mass is 35.5. The van der Waals surface area contributed by atoms with Crippen molar-refractivity contribution in [1.29, 1.82) is 0 Å². The van der Waals surface area contributed by atoms with Gasteiger partial charge < -0.3 is 4.90 Å². The van der Waals surface area contributed by atoms with Crippen LogP contribution >= 0.6 is 24.0 Å². The van der Waals surface area contributed by atoms with Crippen LogP contribution in [0.3, 0.4) is 0 Å². The predicted molar refractivity (Wildman–Crippen MR) is 71.4 cm³/mol. The molecule has 0 amide bonds. The molecule has 0 fully saturated rings. The number of halogens is 2. The van der Waals surface area contributed by atoms with Crippen LogP contribution in [0.2, 0.25) is 0 Å². The first-order valence-electron chi connectivity index (χ1n) is 5.00. The van der Waals surface area contributed by atoms with Crippen molar-refractivity contribution in [1.82, 2.24) is 0 Å². The van der Waals surface area contributed by atoms with Crippen LogP contribution in [0.4, 0.5) is 5.69 Å². The minimum atomic E-state index is 0. The van der Waals surface area contributed by atoms with Gasteiger partial charge in [0.15, 0.2) is 0 Å². The summed E-state index contributed by atoms with van der Waals surface area (Å²) in [5.41, 5.74) is 2.45. The number of benzene rings is 1. The molecule has 0 N–H and O–H groups in total. The van der Waals surface area contributed by atoms with Crippen molar-refractivity contribution in [3.63, 3.8) is 0 Å². The number of alkyl halides is 1. The quantitative estimate of drug-likeness (QED) is 0.729. The maximum Gasteiger partial charge on any atom is 0.0494 e. The van der Waals surface area contributed by atoms with Crippen LogP contribution in [0.15, 0.2) is 24.3 Å². The van der Waals surface area contributed by atoms with Crippen molar-refractivity contribution >= 4 is 29.7 Å². The molecule has 0 radical (unpaired) electrons. The van der Waals surface area contributed by atoms with Crippen LogP contribution in [-0.4, -0.2) is 13.6 Å². The van der Waals surface area contributed by atoms with Crippen LogP contribution in [-0.2, 0) is 5.88 Å². The third-order valence-electron chi connectivity index (χ3n) is 2.19. The van der Waals surface area contributed by atoms with Crippen LogP contribution in [0, 0.1) is 5.92 Å². The maximum absolute atomic E-state index is 5.89. The zero-order valence-corrected chi connectivity index (χ0v) is 11.1. The lowest BCUT2D eigenvalue weighted by atomic mass is 10.1. The third-order valence-corrected chi connectivity index (χ3v) is 2.47. The van der Waals surface area contributed by atoms with E-state index in [1.807, 2.05) is 6.07 Å². The molecule has 1 rings (SSSR count). The molecule has 0 bridgehead atoms. The van der Waals surface area contributed by atoms with Gasteiger partial charge in [0.1, 0.15) is 0 Å². The summed E-state index contributed by atoms with van der Waals surface area (Å²) in [6.07, 6.45) is 0. The molecule has 15 heavy (non-hydrogen) atoms. The summed E-state index contributed by atoms with van der Waals surface area (Å²) in [7, 11) is 2.12. The van der Waals surface area contributed by atoms with Gasteiger partial charge in [0.25, 0.3) is 0 Å². The van der Waals surface area contributed by atoms with Gasteiger partial charge in [-0.2, -0.15) is 0 Å². The molecule has 0 atom stereocenters. The van der Waals surface area contributed by atoms with Crippen molar-refractivity contribution in [2.75, 3.05) is 18.5 Å². The average molecular weight is 248 g/mol. The molecule has 3 heteroatoms. The van der Waals surface area contributed by atoms with Gasteiger partial charge in [0.2, 0.25) is 0 Å². The van der Waals surface area contributed by atoms with Crippen LogP contribution in [0.5, 0.6) is 0 Å². The summed E-state index contributed by atoms with van der Waals surface area (Å²) in [5.74, 6) is 1.25. The Morgan fingerprint density at radius 1 is 1.27 bits per heavy atom. The lowest BCUT2D eigenvalue weighted by Gasteiger charge is -2.23. The lowest BCUT2D eigenvalue weighted by Crippen LogP contribution is -2.23. The van der Waals surface area contributed by atoms with Gasteiger partial charge in [-0.25, -0.2) is 0 Å². The summed E-state index contributed by atoms with van der Waals surface area (Å²) >= 11 is 5.89. The van der Waals surface area contributed by atoms with Crippen molar-refractivity contribution < 1.29 is 0 Å². The highest BCUT2D eigenvalue weighted by Gasteiger charge is 2.06. The molecule has 1 aromatic rings. The largest absolute Gasteiger partial charge is 0.374 e. The summed E-state index contributed by atoms with van der Waals surface area (Å²) in [6, 6.07) is 8.30. The van der Waals surface area contributed by atoms with E-state index in [0.717, 1.165) is 6.54 Å². The maximum atomic E-state index is 5.89. The van der Waals surface area contributed by atoms with Gasteiger partial charge in [-0.3, -0.25) is 0 Å². The van der Waals surface area contributed by atoms with E-state index in [0.29, 0.717) is 11.8 Å². The first-order chi connectivity index (χ1) is 6.65. The topological polar surface area (TPSA) is 3.24 Å². The fourth-order valence-corrected chi connectivity index (χ4v) is 1.87. The summed E-state index contributed by atoms with van der Waals surface area (Å²) < 4.78 is 0. The van der Waals surface area contributed by atoms with Gasteiger partial charge in [0.05, 0.1) is 0 Å². The van der Waals surface area contributed by atoms with Gasteiger partial charge >= 0.3 is 0 Å². The van der Waals surface area contributed by atoms with E-state index in [1.54, 1.807) is 0 Å². The lowest BCUT2D eigenvalue weighted by molar-refractivity contribution is 0.637. The van der Waals surface area contributed by atoms with E-state index in [2.05, 4.69) is 44.0 Å². The molecule has 0 aromatic heterocycles. The van der Waals surface area contributed by atoms with Gasteiger partial charge in [-0.1, -0.05) is 32.0 Å². The van der Waals surface area contributed by atoms with E-state index >= 15 is 0 Å². The van der Waals surface area contributed by atoms with E-state index in [4.69, 9.17) is 11.6 Å². The van der Waals surface area contributed by atoms with Crippen LogP contribution < -0.4 is 4.90 Å². The van der Waals surface area contributed by atoms with Crippen molar-refractivity contribution in [3.05, 3.63) is 29.8 Å². The Morgan fingerprint density at radius 2 is 1.87 bits per heavy atom. The molecular weight excluding hydrogens is 229 g/mol. The molecule has 0 aliphatic rings. The zero-order chi connectivity index (χ0) is 10.6. The Morgan fingerprint density at radius 3 is 2.40 bits per heavy atom. The first-order valence-corrected chi connectivity index (χ1v) is 5.53. The summed E-state index contributed by atoms with van der Waals surface area (Å²) in [6.45, 7) is 5.51. The molecule has 0 saturated carbocycles. The second kappa shape index (κ2) is 6.97. The Balaban J connectivity index is 0.00000196. The number of rotatable bonds is 4. The second-order valence-corrected chi connectivity index (χ2v) is 4.30. The van der Waals surface area contributed by atoms with E-state index < -0.39 is 0 Å². The molecule has 0 saturated heterocycles. The third kappa shape index (κ3) is 4.31. The minimum Gasteiger partial charge on any atom is -0.374 e. The number of anilines is 1. The Hall–Kier alpha value is -0.400. The van der Waals surface area contributed by atoms with Gasteiger partial charge in [-0.05, 0) is 17.5 Å². The minimum absolute atomic E-state index is 0. The van der Waals surface area contributed by atoms with Crippen molar-refractivity contribution in [2.45, 2.75) is 19.7 Å². The first kappa shape index (κ1) is 14.6. The molecule has 0 unspecified atom stereocenters. The fraction of sp³-hybridized carbons (Fsp3) is 0.500. The number of hydrogen-bond donors (Lipinski definition) is 0. The van der Waals surface area contributed by atoms with Crippen LogP contribution in [0.25, 0.3) is 0 Å². The monoisotopic (exact) mass is 247 g/mol. The number of hydrogen-bond acceptors (Lipinski definition) is 1. The molecule has 0 spiro atoms. The van der Waals surface area contributed by atoms with Crippen molar-refractivity contribution in [3.8, 4) is 0 Å². The molecule has 1 aromatic carbocycles. The normalized spacial score (nSPS) is 9.93. The molecular formula is C12H19Cl2N. The Kier molecular flexibility index (Phi) is 6.78. The highest BCUT2D eigenvalue weighted by molar-refractivity contribution is 6.17. The molecule has 86 valence electrons. The number of nitrogens with zero attached hydrogens (tertiary/aromatic N) is 1. The van der Waals surface area contributed by atoms with Gasteiger partial charge in [0, 0.05) is 25.2 Å². The summed E-state index contributed by atoms with van der Waals surface area (Å²) in [4.78, 5) is 2.27. The second-order valence-electron chi connectivity index (χ2n) is 4.04.